The number of hydrogen-bond acceptors (Lipinski definition) is 2. The highest BCUT2D eigenvalue weighted by molar-refractivity contribution is 5.84. The molecule has 1 aromatic carbocycles. The van der Waals surface area contributed by atoms with E-state index in [0.717, 1.165) is 15.5 Å². The lowest BCUT2D eigenvalue weighted by Crippen LogP contribution is -2.18. The molecule has 3 heteroatoms. The Bertz CT molecular complexity index is 555. The van der Waals surface area contributed by atoms with Gasteiger partial charge in [-0.1, -0.05) is 11.6 Å². The molecule has 0 aliphatic carbocycles. The zero-order valence-electron chi connectivity index (χ0n) is 7.73. The first kappa shape index (κ1) is 8.69. The minimum Gasteiger partial charge on any atom is -0.278 e. The summed E-state index contributed by atoms with van der Waals surface area (Å²) in [6.45, 7) is 1.97. The van der Waals surface area contributed by atoms with Crippen molar-refractivity contribution in [3.05, 3.63) is 46.2 Å². The van der Waals surface area contributed by atoms with E-state index in [1.54, 1.807) is 12.1 Å². The summed E-state index contributed by atoms with van der Waals surface area (Å²) in [4.78, 5) is 22.0. The van der Waals surface area contributed by atoms with E-state index in [1.807, 2.05) is 19.1 Å². The summed E-state index contributed by atoms with van der Waals surface area (Å²) in [6.07, 6.45) is 0.542. The zero-order chi connectivity index (χ0) is 10.1. The van der Waals surface area contributed by atoms with E-state index in [-0.39, 0.29) is 5.56 Å². The van der Waals surface area contributed by atoms with Gasteiger partial charge in [-0.25, -0.2) is 4.57 Å². The summed E-state index contributed by atoms with van der Waals surface area (Å²) >= 11 is 0. The summed E-state index contributed by atoms with van der Waals surface area (Å²) in [5.41, 5.74) is 1.46. The van der Waals surface area contributed by atoms with Crippen LogP contribution in [0.25, 0.3) is 10.9 Å². The van der Waals surface area contributed by atoms with Crippen LogP contribution in [0.1, 0.15) is 5.56 Å². The first-order valence-electron chi connectivity index (χ1n) is 4.29. The number of pyridine rings is 1. The number of carbonyl (C=O) groups excluding carboxylic acids is 1. The summed E-state index contributed by atoms with van der Waals surface area (Å²) in [5, 5.41) is 0.900. The van der Waals surface area contributed by atoms with Crippen molar-refractivity contribution in [3.8, 4) is 0 Å². The van der Waals surface area contributed by atoms with E-state index in [4.69, 9.17) is 0 Å². The normalized spacial score (nSPS) is 10.4. The van der Waals surface area contributed by atoms with E-state index >= 15 is 0 Å². The molecular formula is C11H9NO2. The Morgan fingerprint density at radius 2 is 2.00 bits per heavy atom. The monoisotopic (exact) mass is 187 g/mol. The lowest BCUT2D eigenvalue weighted by Gasteiger charge is -2.02. The van der Waals surface area contributed by atoms with Crippen molar-refractivity contribution >= 4 is 17.3 Å². The topological polar surface area (TPSA) is 39.1 Å². The Morgan fingerprint density at radius 1 is 1.21 bits per heavy atom. The van der Waals surface area contributed by atoms with Crippen LogP contribution in [0.5, 0.6) is 0 Å². The number of fused-ring (bicyclic) bond motifs is 1. The maximum Gasteiger partial charge on any atom is 0.257 e. The molecule has 0 saturated carbocycles. The van der Waals surface area contributed by atoms with Gasteiger partial charge in [-0.3, -0.25) is 9.59 Å². The second-order valence-electron chi connectivity index (χ2n) is 3.21. The van der Waals surface area contributed by atoms with Crippen LogP contribution < -0.4 is 5.56 Å². The lowest BCUT2D eigenvalue weighted by atomic mass is 10.1. The van der Waals surface area contributed by atoms with Crippen molar-refractivity contribution in [2.75, 3.05) is 0 Å². The van der Waals surface area contributed by atoms with E-state index < -0.39 is 0 Å². The van der Waals surface area contributed by atoms with E-state index in [1.165, 1.54) is 6.07 Å². The number of carbonyl (C=O) groups is 1. The molecule has 0 atom stereocenters. The molecule has 1 aromatic heterocycles. The quantitative estimate of drug-likeness (QED) is 0.632. The maximum atomic E-state index is 11.3. The number of hydrogen-bond donors (Lipinski definition) is 0. The Labute approximate surface area is 80.6 Å². The molecule has 0 spiro atoms. The minimum absolute atomic E-state index is 0.295. The third kappa shape index (κ3) is 1.23. The van der Waals surface area contributed by atoms with Gasteiger partial charge in [0.1, 0.15) is 0 Å². The van der Waals surface area contributed by atoms with E-state index in [0.29, 0.717) is 11.9 Å². The molecule has 0 aliphatic rings. The average molecular weight is 187 g/mol. The van der Waals surface area contributed by atoms with Gasteiger partial charge in [0, 0.05) is 6.07 Å². The molecule has 3 nitrogen and oxygen atoms in total. The van der Waals surface area contributed by atoms with Gasteiger partial charge in [0.25, 0.3) is 5.56 Å². The number of benzene rings is 1. The minimum atomic E-state index is -0.295. The van der Waals surface area contributed by atoms with Crippen LogP contribution in [0.2, 0.25) is 0 Å². The van der Waals surface area contributed by atoms with Crippen LogP contribution in [0.3, 0.4) is 0 Å². The van der Waals surface area contributed by atoms with E-state index in [9.17, 15) is 9.59 Å². The highest BCUT2D eigenvalue weighted by atomic mass is 16.2. The highest BCUT2D eigenvalue weighted by Crippen LogP contribution is 2.12. The molecule has 0 radical (unpaired) electrons. The molecule has 14 heavy (non-hydrogen) atoms. The second-order valence-corrected chi connectivity index (χ2v) is 3.21. The van der Waals surface area contributed by atoms with Gasteiger partial charge in [-0.2, -0.15) is 0 Å². The third-order valence-corrected chi connectivity index (χ3v) is 2.19. The first-order valence-corrected chi connectivity index (χ1v) is 4.29. The molecule has 70 valence electrons. The predicted molar refractivity (Wildman–Crippen MR) is 55.1 cm³/mol. The van der Waals surface area contributed by atoms with Crippen LogP contribution in [-0.2, 0) is 4.79 Å². The molecule has 0 amide bonds. The summed E-state index contributed by atoms with van der Waals surface area (Å²) in [7, 11) is 0. The summed E-state index contributed by atoms with van der Waals surface area (Å²) in [6, 6.07) is 8.72. The Balaban J connectivity index is 2.95. The largest absolute Gasteiger partial charge is 0.278 e. The fourth-order valence-electron chi connectivity index (χ4n) is 1.50. The molecule has 2 aromatic rings. The van der Waals surface area contributed by atoms with Gasteiger partial charge in [0.05, 0.1) is 5.52 Å². The van der Waals surface area contributed by atoms with Crippen LogP contribution in [0, 0.1) is 6.92 Å². The second kappa shape index (κ2) is 3.10. The number of rotatable bonds is 1. The van der Waals surface area contributed by atoms with Gasteiger partial charge in [-0.15, -0.1) is 0 Å². The van der Waals surface area contributed by atoms with Crippen molar-refractivity contribution in [3.63, 3.8) is 0 Å². The first-order chi connectivity index (χ1) is 6.72. The van der Waals surface area contributed by atoms with Gasteiger partial charge < -0.3 is 0 Å². The lowest BCUT2D eigenvalue weighted by molar-refractivity contribution is 0.547. The van der Waals surface area contributed by atoms with E-state index in [2.05, 4.69) is 0 Å². The fraction of sp³-hybridized carbons (Fsp3) is 0.0909. The number of aryl methyl sites for hydroxylation is 1. The molecule has 2 rings (SSSR count). The molecule has 0 aliphatic heterocycles. The third-order valence-electron chi connectivity index (χ3n) is 2.19. The highest BCUT2D eigenvalue weighted by Gasteiger charge is 2.00. The molecule has 1 heterocycles. The summed E-state index contributed by atoms with van der Waals surface area (Å²) < 4.78 is 1.11. The zero-order valence-corrected chi connectivity index (χ0v) is 7.73. The van der Waals surface area contributed by atoms with Gasteiger partial charge in [-0.05, 0) is 30.5 Å². The molecule has 0 unspecified atom stereocenters. The Morgan fingerprint density at radius 3 is 2.71 bits per heavy atom. The van der Waals surface area contributed by atoms with Crippen molar-refractivity contribution < 1.29 is 4.79 Å². The van der Waals surface area contributed by atoms with Crippen molar-refractivity contribution in [1.82, 2.24) is 4.57 Å². The number of aromatic nitrogens is 1. The molecule has 0 bridgehead atoms. The Hall–Kier alpha value is -1.90. The molecule has 0 N–H and O–H groups in total. The predicted octanol–water partition coefficient (Wildman–Crippen LogP) is 1.35. The van der Waals surface area contributed by atoms with Crippen molar-refractivity contribution in [2.24, 2.45) is 0 Å². The summed E-state index contributed by atoms with van der Waals surface area (Å²) in [5.74, 6) is 0. The Kier molecular flexibility index (Phi) is 1.93. The molecular weight excluding hydrogens is 178 g/mol. The van der Waals surface area contributed by atoms with Crippen LogP contribution >= 0.6 is 0 Å². The smallest absolute Gasteiger partial charge is 0.257 e. The van der Waals surface area contributed by atoms with Gasteiger partial charge >= 0.3 is 0 Å². The standard InChI is InChI=1S/C11H9NO2/c1-8-2-4-10-9(6-8)3-5-11(14)12(10)7-13/h2-7H,1H3. The maximum absolute atomic E-state index is 11.3. The molecule has 0 fully saturated rings. The SMILES string of the molecule is Cc1ccc2c(ccc(=O)n2C=O)c1. The van der Waals surface area contributed by atoms with Crippen LogP contribution in [-0.4, -0.2) is 11.0 Å². The van der Waals surface area contributed by atoms with Crippen molar-refractivity contribution in [1.29, 1.82) is 0 Å². The van der Waals surface area contributed by atoms with Gasteiger partial charge in [0.15, 0.2) is 0 Å². The molecule has 0 saturated heterocycles. The van der Waals surface area contributed by atoms with Gasteiger partial charge in [0.2, 0.25) is 6.41 Å². The van der Waals surface area contributed by atoms with Crippen molar-refractivity contribution in [2.45, 2.75) is 6.92 Å². The van der Waals surface area contributed by atoms with Crippen LogP contribution in [0.15, 0.2) is 35.1 Å². The fourth-order valence-corrected chi connectivity index (χ4v) is 1.50. The number of nitrogens with zero attached hydrogens (tertiary/aromatic N) is 1. The van der Waals surface area contributed by atoms with Crippen LogP contribution in [0.4, 0.5) is 0 Å². The average Bonchev–Trinajstić information content (AvgIpc) is 2.18.